The lowest BCUT2D eigenvalue weighted by Crippen LogP contribution is -2.56. The van der Waals surface area contributed by atoms with Crippen LogP contribution in [0.4, 0.5) is 0 Å². The lowest BCUT2D eigenvalue weighted by atomic mass is 9.82. The van der Waals surface area contributed by atoms with Gasteiger partial charge in [-0.25, -0.2) is 0 Å². The number of benzene rings is 1. The van der Waals surface area contributed by atoms with E-state index < -0.39 is 5.54 Å². The molecule has 2 fully saturated rings. The molecule has 1 unspecified atom stereocenters. The highest BCUT2D eigenvalue weighted by Gasteiger charge is 2.36. The van der Waals surface area contributed by atoms with Crippen molar-refractivity contribution in [2.45, 2.75) is 63.1 Å². The highest BCUT2D eigenvalue weighted by molar-refractivity contribution is 5.86. The van der Waals surface area contributed by atoms with Gasteiger partial charge in [0.2, 0.25) is 5.91 Å². The molecule has 1 atom stereocenters. The third-order valence-electron chi connectivity index (χ3n) is 5.42. The van der Waals surface area contributed by atoms with Crippen molar-refractivity contribution in [1.29, 1.82) is 0 Å². The van der Waals surface area contributed by atoms with Crippen molar-refractivity contribution in [2.24, 2.45) is 5.73 Å². The van der Waals surface area contributed by atoms with Crippen molar-refractivity contribution in [1.82, 2.24) is 10.2 Å². The van der Waals surface area contributed by atoms with Gasteiger partial charge in [-0.15, -0.1) is 24.8 Å². The van der Waals surface area contributed by atoms with E-state index >= 15 is 0 Å². The summed E-state index contributed by atoms with van der Waals surface area (Å²) in [7, 11) is 0. The van der Waals surface area contributed by atoms with Crippen LogP contribution in [0.1, 0.15) is 50.5 Å². The summed E-state index contributed by atoms with van der Waals surface area (Å²) in [5.74, 6) is 0.0590. The van der Waals surface area contributed by atoms with Crippen LogP contribution in [0, 0.1) is 0 Å². The molecule has 1 aliphatic heterocycles. The van der Waals surface area contributed by atoms with E-state index in [2.05, 4.69) is 40.5 Å². The van der Waals surface area contributed by atoms with E-state index in [1.807, 2.05) is 0 Å². The first-order chi connectivity index (χ1) is 11.2. The average molecular weight is 388 g/mol. The van der Waals surface area contributed by atoms with Crippen LogP contribution in [0.15, 0.2) is 30.3 Å². The predicted molar refractivity (Wildman–Crippen MR) is 107 cm³/mol. The Balaban J connectivity index is 0.00000156. The molecule has 1 aromatic carbocycles. The first-order valence-corrected chi connectivity index (χ1v) is 9.02. The second kappa shape index (κ2) is 10.4. The van der Waals surface area contributed by atoms with Crippen molar-refractivity contribution >= 4 is 30.7 Å². The van der Waals surface area contributed by atoms with Crippen molar-refractivity contribution in [3.8, 4) is 0 Å². The van der Waals surface area contributed by atoms with Crippen molar-refractivity contribution in [2.75, 3.05) is 13.1 Å². The summed E-state index contributed by atoms with van der Waals surface area (Å²) in [6, 6.07) is 11.0. The fraction of sp³-hybridized carbons (Fsp3) is 0.632. The minimum atomic E-state index is -0.624. The van der Waals surface area contributed by atoms with Gasteiger partial charge in [0.1, 0.15) is 0 Å². The maximum atomic E-state index is 12.5. The first-order valence-electron chi connectivity index (χ1n) is 9.02. The van der Waals surface area contributed by atoms with Gasteiger partial charge in [0.05, 0.1) is 5.54 Å². The summed E-state index contributed by atoms with van der Waals surface area (Å²) in [5, 5.41) is 3.14. The molecule has 0 bridgehead atoms. The first kappa shape index (κ1) is 22.2. The van der Waals surface area contributed by atoms with Crippen LogP contribution < -0.4 is 11.1 Å². The van der Waals surface area contributed by atoms with Gasteiger partial charge in [-0.2, -0.15) is 0 Å². The molecule has 0 spiro atoms. The molecule has 1 aromatic rings. The summed E-state index contributed by atoms with van der Waals surface area (Å²) in [6.45, 7) is 2.81. The van der Waals surface area contributed by atoms with Crippen molar-refractivity contribution in [3.05, 3.63) is 35.9 Å². The molecule has 1 aliphatic carbocycles. The zero-order valence-corrected chi connectivity index (χ0v) is 16.4. The molecule has 4 nitrogen and oxygen atoms in total. The van der Waals surface area contributed by atoms with Gasteiger partial charge < -0.3 is 11.1 Å². The zero-order chi connectivity index (χ0) is 16.1. The molecule has 1 heterocycles. The molecule has 25 heavy (non-hydrogen) atoms. The maximum absolute atomic E-state index is 12.5. The largest absolute Gasteiger partial charge is 0.353 e. The summed E-state index contributed by atoms with van der Waals surface area (Å²) in [5.41, 5.74) is 7.04. The molecule has 2 aliphatic rings. The van der Waals surface area contributed by atoms with E-state index in [-0.39, 0.29) is 30.7 Å². The lowest BCUT2D eigenvalue weighted by Gasteiger charge is -2.33. The molecule has 6 heteroatoms. The number of hydrogen-bond acceptors (Lipinski definition) is 3. The number of nitrogens with one attached hydrogen (secondary N) is 1. The monoisotopic (exact) mass is 387 g/mol. The Morgan fingerprint density at radius 3 is 2.48 bits per heavy atom. The second-order valence-electron chi connectivity index (χ2n) is 7.18. The highest BCUT2D eigenvalue weighted by Crippen LogP contribution is 2.26. The van der Waals surface area contributed by atoms with E-state index in [1.165, 1.54) is 18.4 Å². The smallest absolute Gasteiger partial charge is 0.240 e. The molecule has 1 saturated heterocycles. The third kappa shape index (κ3) is 5.85. The molecule has 0 aromatic heterocycles. The molecule has 142 valence electrons. The average Bonchev–Trinajstić information content (AvgIpc) is 3.01. The number of nitrogens with zero attached hydrogens (tertiary/aromatic N) is 1. The summed E-state index contributed by atoms with van der Waals surface area (Å²) in [6.07, 6.45) is 7.39. The molecule has 1 amide bonds. The van der Waals surface area contributed by atoms with Gasteiger partial charge in [-0.3, -0.25) is 9.69 Å². The van der Waals surface area contributed by atoms with Crippen LogP contribution in [0.5, 0.6) is 0 Å². The maximum Gasteiger partial charge on any atom is 0.240 e. The van der Waals surface area contributed by atoms with Crippen LogP contribution in [0.3, 0.4) is 0 Å². The number of likely N-dealkylation sites (tertiary alicyclic amines) is 1. The number of nitrogens with two attached hydrogens (primary N) is 1. The molecular formula is C19H31Cl2N3O. The molecule has 1 saturated carbocycles. The fourth-order valence-electron chi connectivity index (χ4n) is 3.95. The number of halogens is 2. The Hall–Kier alpha value is -0.810. The van der Waals surface area contributed by atoms with Gasteiger partial charge in [-0.05, 0) is 37.8 Å². The van der Waals surface area contributed by atoms with Crippen molar-refractivity contribution in [3.63, 3.8) is 0 Å². The van der Waals surface area contributed by atoms with Crippen LogP contribution in [-0.2, 0) is 11.3 Å². The Labute approximate surface area is 163 Å². The predicted octanol–water partition coefficient (Wildman–Crippen LogP) is 3.27. The summed E-state index contributed by atoms with van der Waals surface area (Å²) < 4.78 is 0. The number of rotatable bonds is 5. The van der Waals surface area contributed by atoms with Gasteiger partial charge in [0, 0.05) is 19.1 Å². The summed E-state index contributed by atoms with van der Waals surface area (Å²) >= 11 is 0. The summed E-state index contributed by atoms with van der Waals surface area (Å²) in [4.78, 5) is 15.0. The Morgan fingerprint density at radius 1 is 1.12 bits per heavy atom. The zero-order valence-electron chi connectivity index (χ0n) is 14.8. The topological polar surface area (TPSA) is 58.4 Å². The molecule has 3 rings (SSSR count). The number of amides is 1. The number of hydrogen-bond donors (Lipinski definition) is 2. The fourth-order valence-corrected chi connectivity index (χ4v) is 3.95. The van der Waals surface area contributed by atoms with E-state index in [1.54, 1.807) is 0 Å². The number of carbonyl (C=O) groups is 1. The standard InChI is InChI=1S/C19H29N3O.2ClH/c20-19(11-5-2-6-12-19)18(23)21-14-17-10-7-13-22(17)15-16-8-3-1-4-9-16;;/h1,3-4,8-9,17H,2,5-7,10-15,20H2,(H,21,23);2*1H. The second-order valence-corrected chi connectivity index (χ2v) is 7.18. The van der Waals surface area contributed by atoms with Crippen molar-refractivity contribution < 1.29 is 4.79 Å². The van der Waals surface area contributed by atoms with E-state index in [4.69, 9.17) is 5.73 Å². The van der Waals surface area contributed by atoms with Crippen LogP contribution in [0.25, 0.3) is 0 Å². The molecular weight excluding hydrogens is 357 g/mol. The minimum absolute atomic E-state index is 0. The highest BCUT2D eigenvalue weighted by atomic mass is 35.5. The SMILES string of the molecule is Cl.Cl.NC1(C(=O)NCC2CCCN2Cc2ccccc2)CCCCC1. The van der Waals surface area contributed by atoms with Gasteiger partial charge in [-0.1, -0.05) is 49.6 Å². The number of carbonyl (C=O) groups excluding carboxylic acids is 1. The Kier molecular flexibility index (Phi) is 9.22. The molecule has 0 radical (unpaired) electrons. The van der Waals surface area contributed by atoms with Crippen LogP contribution in [-0.4, -0.2) is 35.5 Å². The van der Waals surface area contributed by atoms with Crippen LogP contribution >= 0.6 is 24.8 Å². The van der Waals surface area contributed by atoms with E-state index in [0.717, 1.165) is 51.7 Å². The Morgan fingerprint density at radius 2 is 1.80 bits per heavy atom. The third-order valence-corrected chi connectivity index (χ3v) is 5.42. The molecule has 3 N–H and O–H groups in total. The lowest BCUT2D eigenvalue weighted by molar-refractivity contribution is -0.127. The van der Waals surface area contributed by atoms with Gasteiger partial charge >= 0.3 is 0 Å². The normalized spacial score (nSPS) is 22.5. The Bertz CT molecular complexity index is 521. The van der Waals surface area contributed by atoms with E-state index in [9.17, 15) is 4.79 Å². The van der Waals surface area contributed by atoms with Gasteiger partial charge in [0.15, 0.2) is 0 Å². The quantitative estimate of drug-likeness (QED) is 0.814. The van der Waals surface area contributed by atoms with E-state index in [0.29, 0.717) is 6.04 Å². The van der Waals surface area contributed by atoms with Crippen LogP contribution in [0.2, 0.25) is 0 Å². The van der Waals surface area contributed by atoms with Gasteiger partial charge in [0.25, 0.3) is 0 Å². The minimum Gasteiger partial charge on any atom is -0.353 e.